The quantitative estimate of drug-likeness (QED) is 0.507. The third-order valence-corrected chi connectivity index (χ3v) is 4.90. The van der Waals surface area contributed by atoms with Crippen LogP contribution in [0.3, 0.4) is 0 Å². The maximum Gasteiger partial charge on any atom is 0.336 e. The molecule has 0 unspecified atom stereocenters. The summed E-state index contributed by atoms with van der Waals surface area (Å²) in [6.07, 6.45) is 0. The van der Waals surface area contributed by atoms with Crippen molar-refractivity contribution in [2.24, 2.45) is 0 Å². The van der Waals surface area contributed by atoms with Crippen LogP contribution in [0.4, 0.5) is 11.4 Å². The minimum atomic E-state index is -0.421. The number of hydrogen-bond donors (Lipinski definition) is 2. The van der Waals surface area contributed by atoms with E-state index >= 15 is 0 Å². The summed E-state index contributed by atoms with van der Waals surface area (Å²) in [5.74, 6) is -0.470. The van der Waals surface area contributed by atoms with Gasteiger partial charge in [-0.05, 0) is 60.0 Å². The molecule has 2 amide bonds. The van der Waals surface area contributed by atoms with E-state index in [2.05, 4.69) is 10.6 Å². The molecule has 0 atom stereocenters. The van der Waals surface area contributed by atoms with E-state index in [1.807, 2.05) is 11.4 Å². The van der Waals surface area contributed by atoms with Gasteiger partial charge in [0, 0.05) is 28.4 Å². The number of nitrogens with one attached hydrogen (secondary N) is 2. The molecule has 6 nitrogen and oxygen atoms in total. The number of rotatable bonds is 4. The van der Waals surface area contributed by atoms with Crippen LogP contribution in [0.25, 0.3) is 11.0 Å². The van der Waals surface area contributed by atoms with E-state index in [-0.39, 0.29) is 11.8 Å². The number of carbonyl (C=O) groups is 2. The summed E-state index contributed by atoms with van der Waals surface area (Å²) in [5, 5.41) is 8.14. The van der Waals surface area contributed by atoms with E-state index in [0.717, 1.165) is 0 Å². The third kappa shape index (κ3) is 3.84. The Morgan fingerprint density at radius 3 is 2.32 bits per heavy atom. The molecule has 0 saturated heterocycles. The Hall–Kier alpha value is -3.71. The number of carbonyl (C=O) groups excluding carboxylic acids is 2. The lowest BCUT2D eigenvalue weighted by molar-refractivity contribution is 0.102. The summed E-state index contributed by atoms with van der Waals surface area (Å²) in [6.45, 7) is 0. The molecule has 0 spiro atoms. The molecule has 0 saturated carbocycles. The topological polar surface area (TPSA) is 88.4 Å². The number of fused-ring (bicyclic) bond motifs is 1. The molecule has 2 aromatic carbocycles. The van der Waals surface area contributed by atoms with E-state index in [1.54, 1.807) is 54.6 Å². The van der Waals surface area contributed by atoms with Gasteiger partial charge in [-0.25, -0.2) is 4.79 Å². The van der Waals surface area contributed by atoms with Gasteiger partial charge < -0.3 is 15.1 Å². The first kappa shape index (κ1) is 17.7. The van der Waals surface area contributed by atoms with E-state index in [0.29, 0.717) is 32.8 Å². The molecule has 0 fully saturated rings. The van der Waals surface area contributed by atoms with Crippen molar-refractivity contribution in [3.05, 3.63) is 93.0 Å². The molecule has 138 valence electrons. The second-order valence-electron chi connectivity index (χ2n) is 5.97. The Labute approximate surface area is 163 Å². The van der Waals surface area contributed by atoms with Crippen LogP contribution < -0.4 is 16.3 Å². The Balaban J connectivity index is 1.45. The first-order chi connectivity index (χ1) is 13.6. The van der Waals surface area contributed by atoms with Gasteiger partial charge in [0.1, 0.15) is 5.58 Å². The summed E-state index contributed by atoms with van der Waals surface area (Å²) < 4.78 is 5.08. The number of thiophene rings is 1. The van der Waals surface area contributed by atoms with E-state index in [9.17, 15) is 14.4 Å². The van der Waals surface area contributed by atoms with Crippen LogP contribution in [0, 0.1) is 0 Å². The lowest BCUT2D eigenvalue weighted by atomic mass is 10.1. The minimum absolute atomic E-state index is 0.185. The molecule has 0 radical (unpaired) electrons. The van der Waals surface area contributed by atoms with Crippen molar-refractivity contribution >= 4 is 45.5 Å². The fourth-order valence-electron chi connectivity index (χ4n) is 2.66. The monoisotopic (exact) mass is 390 g/mol. The van der Waals surface area contributed by atoms with Gasteiger partial charge in [-0.2, -0.15) is 0 Å². The van der Waals surface area contributed by atoms with Crippen LogP contribution in [0.2, 0.25) is 0 Å². The minimum Gasteiger partial charge on any atom is -0.423 e. The van der Waals surface area contributed by atoms with Crippen molar-refractivity contribution in [2.45, 2.75) is 0 Å². The van der Waals surface area contributed by atoms with Crippen molar-refractivity contribution in [1.29, 1.82) is 0 Å². The number of hydrogen-bond acceptors (Lipinski definition) is 5. The highest BCUT2D eigenvalue weighted by Gasteiger charge is 2.10. The Kier molecular flexibility index (Phi) is 4.74. The normalized spacial score (nSPS) is 10.6. The lowest BCUT2D eigenvalue weighted by Gasteiger charge is -2.08. The van der Waals surface area contributed by atoms with Gasteiger partial charge in [0.05, 0.1) is 4.88 Å². The molecule has 2 aromatic heterocycles. The smallest absolute Gasteiger partial charge is 0.336 e. The van der Waals surface area contributed by atoms with Crippen LogP contribution in [-0.4, -0.2) is 11.8 Å². The van der Waals surface area contributed by atoms with Crippen LogP contribution >= 0.6 is 11.3 Å². The predicted octanol–water partition coefficient (Wildman–Crippen LogP) is 4.36. The maximum atomic E-state index is 12.5. The fourth-order valence-corrected chi connectivity index (χ4v) is 3.28. The highest BCUT2D eigenvalue weighted by molar-refractivity contribution is 7.12. The predicted molar refractivity (Wildman–Crippen MR) is 109 cm³/mol. The second-order valence-corrected chi connectivity index (χ2v) is 6.92. The molecule has 4 aromatic rings. The molecule has 0 aliphatic rings. The summed E-state index contributed by atoms with van der Waals surface area (Å²) in [6, 6.07) is 18.2. The largest absolute Gasteiger partial charge is 0.423 e. The summed E-state index contributed by atoms with van der Waals surface area (Å²) in [5.41, 5.74) is 1.68. The molecular weight excluding hydrogens is 376 g/mol. The molecule has 2 N–H and O–H groups in total. The van der Waals surface area contributed by atoms with Gasteiger partial charge in [0.2, 0.25) is 0 Å². The molecular formula is C21H14N2O4S. The zero-order valence-corrected chi connectivity index (χ0v) is 15.3. The van der Waals surface area contributed by atoms with Crippen LogP contribution in [0.1, 0.15) is 20.0 Å². The van der Waals surface area contributed by atoms with E-state index in [4.69, 9.17) is 4.42 Å². The first-order valence-corrected chi connectivity index (χ1v) is 9.27. The Bertz CT molecular complexity index is 1210. The van der Waals surface area contributed by atoms with Crippen molar-refractivity contribution in [3.8, 4) is 0 Å². The van der Waals surface area contributed by atoms with Crippen LogP contribution in [0.5, 0.6) is 0 Å². The van der Waals surface area contributed by atoms with Gasteiger partial charge >= 0.3 is 5.63 Å². The Morgan fingerprint density at radius 2 is 1.57 bits per heavy atom. The fraction of sp³-hybridized carbons (Fsp3) is 0. The zero-order chi connectivity index (χ0) is 19.5. The summed E-state index contributed by atoms with van der Waals surface area (Å²) in [7, 11) is 0. The van der Waals surface area contributed by atoms with Gasteiger partial charge in [0.15, 0.2) is 0 Å². The maximum absolute atomic E-state index is 12.5. The molecule has 0 aliphatic heterocycles. The summed E-state index contributed by atoms with van der Waals surface area (Å²) >= 11 is 1.36. The van der Waals surface area contributed by atoms with Crippen molar-refractivity contribution in [1.82, 2.24) is 0 Å². The molecule has 0 aliphatic carbocycles. The van der Waals surface area contributed by atoms with Gasteiger partial charge in [0.25, 0.3) is 11.8 Å². The second kappa shape index (κ2) is 7.50. The average Bonchev–Trinajstić information content (AvgIpc) is 3.24. The van der Waals surface area contributed by atoms with Gasteiger partial charge in [-0.3, -0.25) is 9.59 Å². The van der Waals surface area contributed by atoms with Gasteiger partial charge in [-0.15, -0.1) is 11.3 Å². The number of benzene rings is 2. The van der Waals surface area contributed by atoms with E-state index < -0.39 is 5.63 Å². The SMILES string of the molecule is O=C(Nc1ccc2oc(=O)ccc2c1)c1ccc(NC(=O)c2cccs2)cc1. The Morgan fingerprint density at radius 1 is 0.821 bits per heavy atom. The highest BCUT2D eigenvalue weighted by Crippen LogP contribution is 2.19. The average molecular weight is 390 g/mol. The molecule has 7 heteroatoms. The van der Waals surface area contributed by atoms with Crippen LogP contribution in [0.15, 0.2) is 81.3 Å². The lowest BCUT2D eigenvalue weighted by Crippen LogP contribution is -2.13. The van der Waals surface area contributed by atoms with Gasteiger partial charge in [-0.1, -0.05) is 6.07 Å². The van der Waals surface area contributed by atoms with Crippen LogP contribution in [-0.2, 0) is 0 Å². The molecule has 4 rings (SSSR count). The van der Waals surface area contributed by atoms with Crippen molar-refractivity contribution < 1.29 is 14.0 Å². The third-order valence-electron chi connectivity index (χ3n) is 4.03. The number of amides is 2. The highest BCUT2D eigenvalue weighted by atomic mass is 32.1. The molecule has 0 bridgehead atoms. The summed E-state index contributed by atoms with van der Waals surface area (Å²) in [4.78, 5) is 36.4. The standard InChI is InChI=1S/C21H14N2O4S/c24-19-10-5-14-12-16(8-9-17(14)27-19)23-20(25)13-3-6-15(7-4-13)22-21(26)18-2-1-11-28-18/h1-12H,(H,22,26)(H,23,25). The zero-order valence-electron chi connectivity index (χ0n) is 14.5. The molecule has 28 heavy (non-hydrogen) atoms. The number of anilines is 2. The molecule has 2 heterocycles. The van der Waals surface area contributed by atoms with Crippen molar-refractivity contribution in [3.63, 3.8) is 0 Å². The van der Waals surface area contributed by atoms with Crippen molar-refractivity contribution in [2.75, 3.05) is 10.6 Å². The van der Waals surface area contributed by atoms with E-state index in [1.165, 1.54) is 17.4 Å². The first-order valence-electron chi connectivity index (χ1n) is 8.39.